The Kier molecular flexibility index (Phi) is 5.23. The van der Waals surface area contributed by atoms with Crippen LogP contribution in [0.25, 0.3) is 0 Å². The number of likely N-dealkylation sites (tertiary alicyclic amines) is 1. The molecule has 3 rings (SSSR count). The number of benzene rings is 1. The van der Waals surface area contributed by atoms with Gasteiger partial charge in [0, 0.05) is 30.6 Å². The first kappa shape index (κ1) is 18.7. The number of hydrogen-bond acceptors (Lipinski definition) is 3. The van der Waals surface area contributed by atoms with Crippen molar-refractivity contribution in [3.05, 3.63) is 34.9 Å². The zero-order chi connectivity index (χ0) is 18.9. The van der Waals surface area contributed by atoms with E-state index in [1.165, 1.54) is 0 Å². The average molecular weight is 378 g/mol. The van der Waals surface area contributed by atoms with Crippen molar-refractivity contribution in [2.45, 2.75) is 39.3 Å². The minimum atomic E-state index is -0.642. The van der Waals surface area contributed by atoms with E-state index in [2.05, 4.69) is 10.6 Å². The van der Waals surface area contributed by atoms with E-state index in [0.717, 1.165) is 5.56 Å². The highest BCUT2D eigenvalue weighted by Crippen LogP contribution is 2.40. The second-order valence-corrected chi connectivity index (χ2v) is 7.89. The first-order valence-corrected chi connectivity index (χ1v) is 9.31. The Morgan fingerprint density at radius 3 is 2.81 bits per heavy atom. The summed E-state index contributed by atoms with van der Waals surface area (Å²) in [6, 6.07) is 6.74. The second kappa shape index (κ2) is 7.27. The third-order valence-electron chi connectivity index (χ3n) is 5.27. The SMILES string of the molecule is CC(C)C(=O)N1CC[C@]2(C[C@@H](C(=O)NCc3ccccc3Cl)NC2=O)C1. The molecule has 1 aromatic carbocycles. The van der Waals surface area contributed by atoms with Crippen LogP contribution in [0.1, 0.15) is 32.3 Å². The van der Waals surface area contributed by atoms with E-state index in [1.807, 2.05) is 32.0 Å². The molecule has 2 fully saturated rings. The molecule has 0 aliphatic carbocycles. The Bertz CT molecular complexity index is 736. The zero-order valence-corrected chi connectivity index (χ0v) is 15.8. The van der Waals surface area contributed by atoms with Gasteiger partial charge in [0.25, 0.3) is 0 Å². The zero-order valence-electron chi connectivity index (χ0n) is 15.0. The van der Waals surface area contributed by atoms with Crippen molar-refractivity contribution >= 4 is 29.3 Å². The van der Waals surface area contributed by atoms with Crippen molar-refractivity contribution in [2.24, 2.45) is 11.3 Å². The first-order chi connectivity index (χ1) is 12.3. The Balaban J connectivity index is 1.60. The van der Waals surface area contributed by atoms with E-state index in [9.17, 15) is 14.4 Å². The van der Waals surface area contributed by atoms with Gasteiger partial charge >= 0.3 is 0 Å². The molecule has 0 saturated carbocycles. The summed E-state index contributed by atoms with van der Waals surface area (Å²) in [5.74, 6) is -0.385. The van der Waals surface area contributed by atoms with Crippen LogP contribution in [0.3, 0.4) is 0 Å². The molecule has 140 valence electrons. The number of halogens is 1. The number of nitrogens with zero attached hydrogens (tertiary/aromatic N) is 1. The van der Waals surface area contributed by atoms with Gasteiger partial charge in [-0.3, -0.25) is 14.4 Å². The van der Waals surface area contributed by atoms with Gasteiger partial charge in [0.15, 0.2) is 0 Å². The molecule has 2 N–H and O–H groups in total. The highest BCUT2D eigenvalue weighted by molar-refractivity contribution is 6.31. The van der Waals surface area contributed by atoms with E-state index in [-0.39, 0.29) is 23.6 Å². The molecule has 0 unspecified atom stereocenters. The summed E-state index contributed by atoms with van der Waals surface area (Å²) < 4.78 is 0. The van der Waals surface area contributed by atoms with Crippen LogP contribution >= 0.6 is 11.6 Å². The van der Waals surface area contributed by atoms with Crippen molar-refractivity contribution in [1.82, 2.24) is 15.5 Å². The summed E-state index contributed by atoms with van der Waals surface area (Å²) in [7, 11) is 0. The van der Waals surface area contributed by atoms with Gasteiger partial charge in [-0.2, -0.15) is 0 Å². The van der Waals surface area contributed by atoms with E-state index >= 15 is 0 Å². The summed E-state index contributed by atoms with van der Waals surface area (Å²) in [6.45, 7) is 4.98. The molecule has 0 bridgehead atoms. The van der Waals surface area contributed by atoms with E-state index in [4.69, 9.17) is 11.6 Å². The lowest BCUT2D eigenvalue weighted by atomic mass is 9.84. The van der Waals surface area contributed by atoms with Crippen molar-refractivity contribution in [1.29, 1.82) is 0 Å². The molecule has 3 amide bonds. The molecule has 1 aromatic rings. The Morgan fingerprint density at radius 1 is 1.38 bits per heavy atom. The van der Waals surface area contributed by atoms with Crippen LogP contribution in [0, 0.1) is 11.3 Å². The quantitative estimate of drug-likeness (QED) is 0.838. The Labute approximate surface area is 158 Å². The predicted molar refractivity (Wildman–Crippen MR) is 98.3 cm³/mol. The minimum Gasteiger partial charge on any atom is -0.350 e. The van der Waals surface area contributed by atoms with Gasteiger partial charge < -0.3 is 15.5 Å². The Morgan fingerprint density at radius 2 is 2.12 bits per heavy atom. The smallest absolute Gasteiger partial charge is 0.242 e. The van der Waals surface area contributed by atoms with Crippen LogP contribution in [-0.4, -0.2) is 41.8 Å². The van der Waals surface area contributed by atoms with Crippen LogP contribution in [0.4, 0.5) is 0 Å². The van der Waals surface area contributed by atoms with Gasteiger partial charge in [0.2, 0.25) is 17.7 Å². The fourth-order valence-electron chi connectivity index (χ4n) is 3.73. The van der Waals surface area contributed by atoms with Gasteiger partial charge in [-0.1, -0.05) is 43.6 Å². The van der Waals surface area contributed by atoms with E-state index < -0.39 is 11.5 Å². The van der Waals surface area contributed by atoms with Crippen molar-refractivity contribution < 1.29 is 14.4 Å². The third kappa shape index (κ3) is 3.56. The van der Waals surface area contributed by atoms with Crippen LogP contribution in [0.5, 0.6) is 0 Å². The molecule has 7 heteroatoms. The normalized spacial score (nSPS) is 25.0. The number of rotatable bonds is 4. The molecule has 2 aliphatic rings. The summed E-state index contributed by atoms with van der Waals surface area (Å²) in [5, 5.41) is 6.24. The lowest BCUT2D eigenvalue weighted by Gasteiger charge is -2.22. The lowest BCUT2D eigenvalue weighted by Crippen LogP contribution is -2.41. The van der Waals surface area contributed by atoms with Gasteiger partial charge in [-0.05, 0) is 24.5 Å². The lowest BCUT2D eigenvalue weighted by molar-refractivity contribution is -0.134. The summed E-state index contributed by atoms with van der Waals surface area (Å²) in [6.07, 6.45) is 1.02. The molecular formula is C19H24ClN3O3. The second-order valence-electron chi connectivity index (χ2n) is 7.48. The molecule has 2 aliphatic heterocycles. The first-order valence-electron chi connectivity index (χ1n) is 8.93. The standard InChI is InChI=1S/C19H24ClN3O3/c1-12(2)17(25)23-8-7-19(11-23)9-15(22-18(19)26)16(24)21-10-13-5-3-4-6-14(13)20/h3-6,12,15H,7-11H2,1-2H3,(H,21,24)(H,22,26)/t15-,19-/m0/s1. The topological polar surface area (TPSA) is 78.5 Å². The maximum atomic E-state index is 12.5. The van der Waals surface area contributed by atoms with E-state index in [0.29, 0.717) is 37.5 Å². The Hall–Kier alpha value is -2.08. The third-order valence-corrected chi connectivity index (χ3v) is 5.64. The molecule has 1 spiro atoms. The fourth-order valence-corrected chi connectivity index (χ4v) is 3.93. The molecular weight excluding hydrogens is 354 g/mol. The predicted octanol–water partition coefficient (Wildman–Crippen LogP) is 1.72. The van der Waals surface area contributed by atoms with Crippen LogP contribution in [0.15, 0.2) is 24.3 Å². The van der Waals surface area contributed by atoms with Crippen molar-refractivity contribution in [3.63, 3.8) is 0 Å². The van der Waals surface area contributed by atoms with Crippen molar-refractivity contribution in [3.8, 4) is 0 Å². The monoisotopic (exact) mass is 377 g/mol. The van der Waals surface area contributed by atoms with Gasteiger partial charge in [-0.25, -0.2) is 0 Å². The average Bonchev–Trinajstić information content (AvgIpc) is 3.18. The summed E-state index contributed by atoms with van der Waals surface area (Å²) in [5.41, 5.74) is 0.188. The summed E-state index contributed by atoms with van der Waals surface area (Å²) in [4.78, 5) is 39.0. The molecule has 0 aromatic heterocycles. The number of hydrogen-bond donors (Lipinski definition) is 2. The maximum absolute atomic E-state index is 12.5. The molecule has 26 heavy (non-hydrogen) atoms. The number of amides is 3. The van der Waals surface area contributed by atoms with Crippen LogP contribution in [-0.2, 0) is 20.9 Å². The van der Waals surface area contributed by atoms with Crippen molar-refractivity contribution in [2.75, 3.05) is 13.1 Å². The maximum Gasteiger partial charge on any atom is 0.242 e. The van der Waals surface area contributed by atoms with Gasteiger partial charge in [0.05, 0.1) is 5.41 Å². The van der Waals surface area contributed by atoms with Crippen LogP contribution < -0.4 is 10.6 Å². The summed E-state index contributed by atoms with van der Waals surface area (Å²) >= 11 is 6.10. The molecule has 2 heterocycles. The molecule has 2 atom stereocenters. The highest BCUT2D eigenvalue weighted by atomic mass is 35.5. The fraction of sp³-hybridized carbons (Fsp3) is 0.526. The van der Waals surface area contributed by atoms with E-state index in [1.54, 1.807) is 11.0 Å². The molecule has 2 saturated heterocycles. The number of carbonyl (C=O) groups is 3. The van der Waals surface area contributed by atoms with Crippen LogP contribution in [0.2, 0.25) is 5.02 Å². The number of nitrogens with one attached hydrogen (secondary N) is 2. The van der Waals surface area contributed by atoms with Gasteiger partial charge in [0.1, 0.15) is 6.04 Å². The molecule has 0 radical (unpaired) electrons. The minimum absolute atomic E-state index is 0.0568. The number of carbonyl (C=O) groups excluding carboxylic acids is 3. The van der Waals surface area contributed by atoms with Gasteiger partial charge in [-0.15, -0.1) is 0 Å². The largest absolute Gasteiger partial charge is 0.350 e. The molecule has 6 nitrogen and oxygen atoms in total. The highest BCUT2D eigenvalue weighted by Gasteiger charge is 2.53.